The maximum absolute atomic E-state index is 6.16. The van der Waals surface area contributed by atoms with E-state index in [0.717, 1.165) is 38.1 Å². The smallest absolute Gasteiger partial charge is 0.0999 e. The van der Waals surface area contributed by atoms with Crippen molar-refractivity contribution in [3.8, 4) is 11.3 Å². The van der Waals surface area contributed by atoms with E-state index in [4.69, 9.17) is 11.6 Å². The Labute approximate surface area is 114 Å². The first-order valence-electron chi connectivity index (χ1n) is 5.94. The van der Waals surface area contributed by atoms with Crippen LogP contribution < -0.4 is 0 Å². The van der Waals surface area contributed by atoms with Crippen molar-refractivity contribution >= 4 is 33.4 Å². The molecule has 0 amide bonds. The molecule has 0 aliphatic rings. The summed E-state index contributed by atoms with van der Waals surface area (Å²) >= 11 is 6.16. The van der Waals surface area contributed by atoms with Crippen LogP contribution in [0.4, 0.5) is 0 Å². The number of benzene rings is 2. The first-order chi connectivity index (χ1) is 9.33. The van der Waals surface area contributed by atoms with E-state index in [2.05, 4.69) is 27.3 Å². The van der Waals surface area contributed by atoms with Crippen molar-refractivity contribution < 1.29 is 0 Å². The van der Waals surface area contributed by atoms with Gasteiger partial charge in [-0.3, -0.25) is 5.10 Å². The number of nitrogens with zero attached hydrogens (tertiary/aromatic N) is 1. The average Bonchev–Trinajstić information content (AvgIpc) is 3.03. The summed E-state index contributed by atoms with van der Waals surface area (Å²) < 4.78 is 0. The molecule has 2 aromatic heterocycles. The largest absolute Gasteiger partial charge is 0.360 e. The lowest BCUT2D eigenvalue weighted by Crippen LogP contribution is -1.79. The fourth-order valence-corrected chi connectivity index (χ4v) is 2.57. The molecule has 4 rings (SSSR count). The first-order valence-corrected chi connectivity index (χ1v) is 6.32. The van der Waals surface area contributed by atoms with Gasteiger partial charge in [0, 0.05) is 28.0 Å². The van der Waals surface area contributed by atoms with Crippen LogP contribution in [-0.2, 0) is 0 Å². The minimum atomic E-state index is 0.725. The van der Waals surface area contributed by atoms with Crippen LogP contribution in [0.3, 0.4) is 0 Å². The van der Waals surface area contributed by atoms with Gasteiger partial charge in [-0.2, -0.15) is 5.10 Å². The fourth-order valence-electron chi connectivity index (χ4n) is 2.35. The molecule has 0 aliphatic heterocycles. The molecule has 91 valence electrons. The molecule has 0 fully saturated rings. The Kier molecular flexibility index (Phi) is 2.17. The summed E-state index contributed by atoms with van der Waals surface area (Å²) in [6.45, 7) is 0. The standard InChI is InChI=1S/C15H9ClN3/c16-12-8-17-13-6-5-9(7-11(12)13)15-10-3-1-2-4-14(10)18-19-15/h2-8,17H,(H,18,19). The predicted octanol–water partition coefficient (Wildman–Crippen LogP) is 4.16. The van der Waals surface area contributed by atoms with Gasteiger partial charge in [-0.1, -0.05) is 23.7 Å². The molecular weight excluding hydrogens is 258 g/mol. The summed E-state index contributed by atoms with van der Waals surface area (Å²) in [7, 11) is 0. The third kappa shape index (κ3) is 1.55. The van der Waals surface area contributed by atoms with Gasteiger partial charge in [0.15, 0.2) is 0 Å². The molecule has 0 saturated heterocycles. The Hall–Kier alpha value is -2.26. The Morgan fingerprint density at radius 1 is 1.11 bits per heavy atom. The van der Waals surface area contributed by atoms with Crippen LogP contribution in [0.2, 0.25) is 5.02 Å². The van der Waals surface area contributed by atoms with Gasteiger partial charge in [0.1, 0.15) is 0 Å². The highest BCUT2D eigenvalue weighted by Crippen LogP contribution is 2.31. The minimum Gasteiger partial charge on any atom is -0.360 e. The second kappa shape index (κ2) is 3.87. The van der Waals surface area contributed by atoms with Crippen LogP contribution in [0.5, 0.6) is 0 Å². The third-order valence-corrected chi connectivity index (χ3v) is 3.62. The highest BCUT2D eigenvalue weighted by atomic mass is 35.5. The maximum atomic E-state index is 6.16. The van der Waals surface area contributed by atoms with Crippen molar-refractivity contribution in [1.82, 2.24) is 15.2 Å². The second-order valence-corrected chi connectivity index (χ2v) is 4.85. The van der Waals surface area contributed by atoms with Crippen molar-refractivity contribution in [2.45, 2.75) is 0 Å². The zero-order valence-corrected chi connectivity index (χ0v) is 10.6. The van der Waals surface area contributed by atoms with Gasteiger partial charge in [-0.05, 0) is 30.3 Å². The summed E-state index contributed by atoms with van der Waals surface area (Å²) in [4.78, 5) is 3.13. The van der Waals surface area contributed by atoms with E-state index in [-0.39, 0.29) is 0 Å². The van der Waals surface area contributed by atoms with Crippen LogP contribution >= 0.6 is 11.6 Å². The SMILES string of the molecule is Clc1c[nH]c2ccc(-c3n[nH]c4cc[c]cc34)cc12. The number of halogens is 1. The van der Waals surface area contributed by atoms with Gasteiger partial charge in [-0.15, -0.1) is 0 Å². The van der Waals surface area contributed by atoms with E-state index >= 15 is 0 Å². The molecule has 1 radical (unpaired) electrons. The van der Waals surface area contributed by atoms with Crippen molar-refractivity contribution in [1.29, 1.82) is 0 Å². The molecule has 0 spiro atoms. The molecule has 0 unspecified atom stereocenters. The summed E-state index contributed by atoms with van der Waals surface area (Å²) in [5, 5.41) is 10.2. The van der Waals surface area contributed by atoms with E-state index < -0.39 is 0 Å². The zero-order chi connectivity index (χ0) is 12.8. The van der Waals surface area contributed by atoms with E-state index in [1.807, 2.05) is 30.3 Å². The van der Waals surface area contributed by atoms with Gasteiger partial charge in [-0.25, -0.2) is 0 Å². The molecule has 19 heavy (non-hydrogen) atoms. The number of fused-ring (bicyclic) bond motifs is 2. The molecule has 4 aromatic rings. The Morgan fingerprint density at radius 3 is 3.00 bits per heavy atom. The van der Waals surface area contributed by atoms with Crippen LogP contribution in [0.15, 0.2) is 42.6 Å². The van der Waals surface area contributed by atoms with E-state index in [0.29, 0.717) is 0 Å². The number of hydrogen-bond acceptors (Lipinski definition) is 1. The predicted molar refractivity (Wildman–Crippen MR) is 77.2 cm³/mol. The topological polar surface area (TPSA) is 44.5 Å². The second-order valence-electron chi connectivity index (χ2n) is 4.44. The van der Waals surface area contributed by atoms with Crippen LogP contribution in [0, 0.1) is 6.07 Å². The molecule has 2 N–H and O–H groups in total. The highest BCUT2D eigenvalue weighted by molar-refractivity contribution is 6.35. The van der Waals surface area contributed by atoms with E-state index in [9.17, 15) is 0 Å². The lowest BCUT2D eigenvalue weighted by atomic mass is 10.1. The number of H-pyrrole nitrogens is 2. The minimum absolute atomic E-state index is 0.725. The lowest BCUT2D eigenvalue weighted by Gasteiger charge is -1.99. The Morgan fingerprint density at radius 2 is 2.05 bits per heavy atom. The first kappa shape index (κ1) is 10.6. The summed E-state index contributed by atoms with van der Waals surface area (Å²) in [5.41, 5.74) is 4.00. The van der Waals surface area contributed by atoms with Gasteiger partial charge in [0.05, 0.1) is 16.2 Å². The lowest BCUT2D eigenvalue weighted by molar-refractivity contribution is 1.12. The molecule has 2 aromatic carbocycles. The number of rotatable bonds is 1. The maximum Gasteiger partial charge on any atom is 0.0999 e. The molecule has 0 bridgehead atoms. The van der Waals surface area contributed by atoms with Crippen LogP contribution in [-0.4, -0.2) is 15.2 Å². The molecule has 0 saturated carbocycles. The van der Waals surface area contributed by atoms with Crippen molar-refractivity contribution in [2.24, 2.45) is 0 Å². The molecule has 2 heterocycles. The quantitative estimate of drug-likeness (QED) is 0.534. The van der Waals surface area contributed by atoms with Crippen LogP contribution in [0.25, 0.3) is 33.1 Å². The highest BCUT2D eigenvalue weighted by Gasteiger charge is 2.09. The Balaban J connectivity index is 2.01. The average molecular weight is 267 g/mol. The summed E-state index contributed by atoms with van der Waals surface area (Å²) in [6, 6.07) is 15.0. The molecule has 0 atom stereocenters. The monoisotopic (exact) mass is 266 g/mol. The van der Waals surface area contributed by atoms with E-state index in [1.165, 1.54) is 0 Å². The van der Waals surface area contributed by atoms with Gasteiger partial charge < -0.3 is 4.98 Å². The molecular formula is C15H9ClN3. The van der Waals surface area contributed by atoms with Crippen molar-refractivity contribution in [2.75, 3.05) is 0 Å². The Bertz CT molecular complexity index is 889. The number of aromatic nitrogens is 3. The van der Waals surface area contributed by atoms with Gasteiger partial charge in [0.25, 0.3) is 0 Å². The fraction of sp³-hybridized carbons (Fsp3) is 0. The van der Waals surface area contributed by atoms with Crippen molar-refractivity contribution in [3.05, 3.63) is 53.7 Å². The van der Waals surface area contributed by atoms with Crippen molar-refractivity contribution in [3.63, 3.8) is 0 Å². The normalized spacial score (nSPS) is 11.4. The zero-order valence-electron chi connectivity index (χ0n) is 9.87. The summed E-state index contributed by atoms with van der Waals surface area (Å²) in [5.74, 6) is 0. The van der Waals surface area contributed by atoms with E-state index in [1.54, 1.807) is 6.20 Å². The number of hydrogen-bond donors (Lipinski definition) is 2. The summed E-state index contributed by atoms with van der Waals surface area (Å²) in [6.07, 6.45) is 1.80. The van der Waals surface area contributed by atoms with Gasteiger partial charge >= 0.3 is 0 Å². The van der Waals surface area contributed by atoms with Crippen LogP contribution in [0.1, 0.15) is 0 Å². The third-order valence-electron chi connectivity index (χ3n) is 3.31. The van der Waals surface area contributed by atoms with Gasteiger partial charge in [0.2, 0.25) is 0 Å². The molecule has 4 heteroatoms. The molecule has 3 nitrogen and oxygen atoms in total. The number of aromatic amines is 2. The number of nitrogens with one attached hydrogen (secondary N) is 2. The molecule has 0 aliphatic carbocycles.